The molecule has 0 aromatic heterocycles. The van der Waals surface area contributed by atoms with Crippen LogP contribution in [0.25, 0.3) is 0 Å². The van der Waals surface area contributed by atoms with Gasteiger partial charge in [-0.15, -0.1) is 0 Å². The standard InChI is InChI=1S/C18H30N2/c1-6-19-16-11-12-20(14(2)13-16)17-9-7-15(8-10-17)18(3,4)5/h7-10,14,16,19H,6,11-13H2,1-5H3. The summed E-state index contributed by atoms with van der Waals surface area (Å²) in [5, 5.41) is 3.59. The fraction of sp³-hybridized carbons (Fsp3) is 0.667. The Bertz CT molecular complexity index is 416. The van der Waals surface area contributed by atoms with Crippen LogP contribution in [0.2, 0.25) is 0 Å². The summed E-state index contributed by atoms with van der Waals surface area (Å²) < 4.78 is 0. The zero-order valence-corrected chi connectivity index (χ0v) is 13.7. The van der Waals surface area contributed by atoms with Crippen LogP contribution in [0.4, 0.5) is 5.69 Å². The van der Waals surface area contributed by atoms with Crippen molar-refractivity contribution in [2.24, 2.45) is 0 Å². The van der Waals surface area contributed by atoms with Gasteiger partial charge in [0.25, 0.3) is 0 Å². The number of nitrogens with zero attached hydrogens (tertiary/aromatic N) is 1. The molecule has 1 aliphatic rings. The van der Waals surface area contributed by atoms with Gasteiger partial charge in [0.1, 0.15) is 0 Å². The van der Waals surface area contributed by atoms with Gasteiger partial charge in [0.05, 0.1) is 0 Å². The van der Waals surface area contributed by atoms with E-state index in [1.54, 1.807) is 0 Å². The quantitative estimate of drug-likeness (QED) is 0.898. The Labute approximate surface area is 124 Å². The van der Waals surface area contributed by atoms with Gasteiger partial charge in [-0.3, -0.25) is 0 Å². The molecule has 2 unspecified atom stereocenters. The predicted octanol–water partition coefficient (Wildman–Crippen LogP) is 3.95. The van der Waals surface area contributed by atoms with Crippen molar-refractivity contribution in [2.45, 2.75) is 65.0 Å². The Morgan fingerprint density at radius 3 is 2.35 bits per heavy atom. The second kappa shape index (κ2) is 6.17. The third-order valence-corrected chi connectivity index (χ3v) is 4.43. The van der Waals surface area contributed by atoms with Crippen LogP contribution in [0.5, 0.6) is 0 Å². The molecule has 1 N–H and O–H groups in total. The fourth-order valence-electron chi connectivity index (χ4n) is 3.18. The molecule has 20 heavy (non-hydrogen) atoms. The number of benzene rings is 1. The van der Waals surface area contributed by atoms with E-state index >= 15 is 0 Å². The van der Waals surface area contributed by atoms with E-state index in [0.717, 1.165) is 13.1 Å². The van der Waals surface area contributed by atoms with Gasteiger partial charge < -0.3 is 10.2 Å². The molecule has 1 fully saturated rings. The van der Waals surface area contributed by atoms with Gasteiger partial charge in [0.15, 0.2) is 0 Å². The van der Waals surface area contributed by atoms with E-state index in [1.807, 2.05) is 0 Å². The Morgan fingerprint density at radius 1 is 1.20 bits per heavy atom. The highest BCUT2D eigenvalue weighted by Gasteiger charge is 2.25. The molecule has 0 aliphatic carbocycles. The maximum atomic E-state index is 3.59. The summed E-state index contributed by atoms with van der Waals surface area (Å²) in [6, 6.07) is 10.5. The Kier molecular flexibility index (Phi) is 4.74. The molecule has 1 heterocycles. The maximum absolute atomic E-state index is 3.59. The van der Waals surface area contributed by atoms with Gasteiger partial charge in [-0.2, -0.15) is 0 Å². The lowest BCUT2D eigenvalue weighted by Gasteiger charge is -2.39. The van der Waals surface area contributed by atoms with Crippen LogP contribution in [0, 0.1) is 0 Å². The van der Waals surface area contributed by atoms with Gasteiger partial charge in [0.2, 0.25) is 0 Å². The summed E-state index contributed by atoms with van der Waals surface area (Å²) in [5.41, 5.74) is 3.03. The average Bonchev–Trinajstić information content (AvgIpc) is 2.38. The summed E-state index contributed by atoms with van der Waals surface area (Å²) >= 11 is 0. The van der Waals surface area contributed by atoms with Gasteiger partial charge in [-0.25, -0.2) is 0 Å². The summed E-state index contributed by atoms with van der Waals surface area (Å²) in [5.74, 6) is 0. The maximum Gasteiger partial charge on any atom is 0.0368 e. The number of rotatable bonds is 3. The van der Waals surface area contributed by atoms with Crippen LogP contribution in [0.15, 0.2) is 24.3 Å². The van der Waals surface area contributed by atoms with E-state index in [4.69, 9.17) is 0 Å². The first-order chi connectivity index (χ1) is 9.41. The third-order valence-electron chi connectivity index (χ3n) is 4.43. The zero-order chi connectivity index (χ0) is 14.8. The van der Waals surface area contributed by atoms with Crippen molar-refractivity contribution in [3.8, 4) is 0 Å². The molecular weight excluding hydrogens is 244 g/mol. The molecule has 2 atom stereocenters. The lowest BCUT2D eigenvalue weighted by Crippen LogP contribution is -2.47. The van der Waals surface area contributed by atoms with E-state index in [2.05, 4.69) is 69.1 Å². The van der Waals surface area contributed by atoms with Crippen molar-refractivity contribution < 1.29 is 0 Å². The topological polar surface area (TPSA) is 15.3 Å². The van der Waals surface area contributed by atoms with E-state index < -0.39 is 0 Å². The normalized spacial score (nSPS) is 23.9. The Hall–Kier alpha value is -1.02. The molecule has 112 valence electrons. The van der Waals surface area contributed by atoms with Crippen molar-refractivity contribution in [3.05, 3.63) is 29.8 Å². The van der Waals surface area contributed by atoms with E-state index in [-0.39, 0.29) is 5.41 Å². The van der Waals surface area contributed by atoms with E-state index in [0.29, 0.717) is 12.1 Å². The highest BCUT2D eigenvalue weighted by molar-refractivity contribution is 5.49. The molecule has 0 amide bonds. The second-order valence-corrected chi connectivity index (χ2v) is 7.12. The van der Waals surface area contributed by atoms with Crippen molar-refractivity contribution in [1.29, 1.82) is 0 Å². The van der Waals surface area contributed by atoms with E-state index in [1.165, 1.54) is 24.1 Å². The van der Waals surface area contributed by atoms with Crippen molar-refractivity contribution in [2.75, 3.05) is 18.0 Å². The van der Waals surface area contributed by atoms with Gasteiger partial charge in [0, 0.05) is 24.3 Å². The monoisotopic (exact) mass is 274 g/mol. The van der Waals surface area contributed by atoms with Crippen molar-refractivity contribution in [3.63, 3.8) is 0 Å². The zero-order valence-electron chi connectivity index (χ0n) is 13.7. The fourth-order valence-corrected chi connectivity index (χ4v) is 3.18. The van der Waals surface area contributed by atoms with Crippen molar-refractivity contribution in [1.82, 2.24) is 5.32 Å². The SMILES string of the molecule is CCNC1CCN(c2ccc(C(C)(C)C)cc2)C(C)C1. The number of anilines is 1. The van der Waals surface area contributed by atoms with Gasteiger partial charge in [-0.1, -0.05) is 39.8 Å². The minimum atomic E-state index is 0.238. The lowest BCUT2D eigenvalue weighted by atomic mass is 9.87. The molecule has 1 aromatic rings. The number of nitrogens with one attached hydrogen (secondary N) is 1. The van der Waals surface area contributed by atoms with Crippen LogP contribution in [-0.2, 0) is 5.41 Å². The number of hydrogen-bond acceptors (Lipinski definition) is 2. The van der Waals surface area contributed by atoms with Crippen LogP contribution in [0.3, 0.4) is 0 Å². The number of hydrogen-bond donors (Lipinski definition) is 1. The summed E-state index contributed by atoms with van der Waals surface area (Å²) in [6.45, 7) is 13.6. The molecule has 2 rings (SSSR count). The van der Waals surface area contributed by atoms with Gasteiger partial charge in [-0.05, 0) is 49.4 Å². The molecule has 0 radical (unpaired) electrons. The van der Waals surface area contributed by atoms with E-state index in [9.17, 15) is 0 Å². The molecule has 2 nitrogen and oxygen atoms in total. The smallest absolute Gasteiger partial charge is 0.0368 e. The first-order valence-electron chi connectivity index (χ1n) is 8.02. The summed E-state index contributed by atoms with van der Waals surface area (Å²) in [4.78, 5) is 2.56. The summed E-state index contributed by atoms with van der Waals surface area (Å²) in [7, 11) is 0. The van der Waals surface area contributed by atoms with Crippen LogP contribution >= 0.6 is 0 Å². The molecule has 1 aliphatic heterocycles. The third kappa shape index (κ3) is 3.54. The second-order valence-electron chi connectivity index (χ2n) is 7.12. The molecule has 0 bridgehead atoms. The largest absolute Gasteiger partial charge is 0.369 e. The average molecular weight is 274 g/mol. The molecule has 2 heteroatoms. The summed E-state index contributed by atoms with van der Waals surface area (Å²) in [6.07, 6.45) is 2.49. The lowest BCUT2D eigenvalue weighted by molar-refractivity contribution is 0.374. The Balaban J connectivity index is 2.05. The van der Waals surface area contributed by atoms with Crippen LogP contribution in [-0.4, -0.2) is 25.2 Å². The molecule has 0 spiro atoms. The number of piperidine rings is 1. The predicted molar refractivity (Wildman–Crippen MR) is 88.6 cm³/mol. The minimum absolute atomic E-state index is 0.238. The van der Waals surface area contributed by atoms with Crippen LogP contribution < -0.4 is 10.2 Å². The van der Waals surface area contributed by atoms with Crippen molar-refractivity contribution >= 4 is 5.69 Å². The highest BCUT2D eigenvalue weighted by atomic mass is 15.2. The first-order valence-corrected chi connectivity index (χ1v) is 8.02. The van der Waals surface area contributed by atoms with Crippen LogP contribution in [0.1, 0.15) is 53.0 Å². The highest BCUT2D eigenvalue weighted by Crippen LogP contribution is 2.28. The molecule has 0 saturated carbocycles. The molecule has 1 saturated heterocycles. The minimum Gasteiger partial charge on any atom is -0.369 e. The molecule has 1 aromatic carbocycles. The molecular formula is C18H30N2. The Morgan fingerprint density at radius 2 is 1.85 bits per heavy atom. The van der Waals surface area contributed by atoms with Gasteiger partial charge >= 0.3 is 0 Å². The first kappa shape index (κ1) is 15.4.